The first-order chi connectivity index (χ1) is 12.5. The predicted molar refractivity (Wildman–Crippen MR) is 94.4 cm³/mol. The predicted octanol–water partition coefficient (Wildman–Crippen LogP) is 2.12. The van der Waals surface area contributed by atoms with Gasteiger partial charge in [-0.1, -0.05) is 19.8 Å². The molecule has 1 N–H and O–H groups in total. The molecule has 1 amide bonds. The van der Waals surface area contributed by atoms with E-state index in [4.69, 9.17) is 14.2 Å². The quantitative estimate of drug-likeness (QED) is 0.562. The summed E-state index contributed by atoms with van der Waals surface area (Å²) in [5.74, 6) is 0.138. The Morgan fingerprint density at radius 3 is 2.65 bits per heavy atom. The van der Waals surface area contributed by atoms with Crippen molar-refractivity contribution in [2.75, 3.05) is 20.3 Å². The lowest BCUT2D eigenvalue weighted by molar-refractivity contribution is -0.150. The molecule has 26 heavy (non-hydrogen) atoms. The number of ether oxygens (including phenoxy) is 3. The second kappa shape index (κ2) is 9.79. The van der Waals surface area contributed by atoms with Gasteiger partial charge in [0.1, 0.15) is 6.29 Å². The molecule has 1 aromatic rings. The van der Waals surface area contributed by atoms with Crippen molar-refractivity contribution in [3.63, 3.8) is 0 Å². The minimum absolute atomic E-state index is 0.145. The first-order valence-electron chi connectivity index (χ1n) is 8.74. The van der Waals surface area contributed by atoms with Gasteiger partial charge in [0.2, 0.25) is 0 Å². The standard InChI is InChI=1S/C19H25NO6/c1-13-5-3-4-6-15(13)20-18(22)11-26-19(23)12-25-16-8-7-14(10-21)9-17(16)24-2/h7-10,13,15H,3-6,11-12H2,1-2H3,(H,20,22)/t13-,15-/m1/s1. The average molecular weight is 363 g/mol. The zero-order valence-corrected chi connectivity index (χ0v) is 15.2. The minimum Gasteiger partial charge on any atom is -0.493 e. The van der Waals surface area contributed by atoms with Gasteiger partial charge in [0.05, 0.1) is 7.11 Å². The molecule has 0 heterocycles. The summed E-state index contributed by atoms with van der Waals surface area (Å²) in [6, 6.07) is 4.74. The Morgan fingerprint density at radius 2 is 1.96 bits per heavy atom. The van der Waals surface area contributed by atoms with Crippen LogP contribution in [0.4, 0.5) is 0 Å². The second-order valence-corrected chi connectivity index (χ2v) is 6.41. The third kappa shape index (κ3) is 5.75. The fraction of sp³-hybridized carbons (Fsp3) is 0.526. The number of hydrogen-bond donors (Lipinski definition) is 1. The lowest BCUT2D eigenvalue weighted by Crippen LogP contribution is -2.43. The molecule has 0 unspecified atom stereocenters. The molecule has 0 aliphatic heterocycles. The van der Waals surface area contributed by atoms with Gasteiger partial charge in [0.15, 0.2) is 24.7 Å². The van der Waals surface area contributed by atoms with Crippen LogP contribution in [-0.2, 0) is 14.3 Å². The molecule has 0 bridgehead atoms. The van der Waals surface area contributed by atoms with Gasteiger partial charge in [-0.2, -0.15) is 0 Å². The van der Waals surface area contributed by atoms with Crippen molar-refractivity contribution < 1.29 is 28.6 Å². The lowest BCUT2D eigenvalue weighted by Gasteiger charge is -2.29. The van der Waals surface area contributed by atoms with Crippen molar-refractivity contribution in [2.24, 2.45) is 5.92 Å². The van der Waals surface area contributed by atoms with Gasteiger partial charge in [0.25, 0.3) is 5.91 Å². The first kappa shape index (κ1) is 19.8. The Kier molecular flexibility index (Phi) is 7.44. The molecule has 7 nitrogen and oxygen atoms in total. The lowest BCUT2D eigenvalue weighted by atomic mass is 9.86. The zero-order chi connectivity index (χ0) is 18.9. The molecule has 7 heteroatoms. The summed E-state index contributed by atoms with van der Waals surface area (Å²) in [5.41, 5.74) is 0.436. The van der Waals surface area contributed by atoms with Crippen LogP contribution in [-0.4, -0.2) is 44.5 Å². The van der Waals surface area contributed by atoms with E-state index in [2.05, 4.69) is 12.2 Å². The maximum absolute atomic E-state index is 11.9. The van der Waals surface area contributed by atoms with Crippen LogP contribution in [0.15, 0.2) is 18.2 Å². The first-order valence-corrected chi connectivity index (χ1v) is 8.74. The summed E-state index contributed by atoms with van der Waals surface area (Å²) in [4.78, 5) is 34.5. The third-order valence-corrected chi connectivity index (χ3v) is 4.49. The molecule has 2 rings (SSSR count). The number of esters is 1. The number of carbonyl (C=O) groups excluding carboxylic acids is 3. The van der Waals surface area contributed by atoms with Crippen LogP contribution in [0.3, 0.4) is 0 Å². The molecule has 0 radical (unpaired) electrons. The van der Waals surface area contributed by atoms with Crippen LogP contribution in [0.2, 0.25) is 0 Å². The molecule has 1 saturated carbocycles. The average Bonchev–Trinajstić information content (AvgIpc) is 2.66. The highest BCUT2D eigenvalue weighted by atomic mass is 16.6. The van der Waals surface area contributed by atoms with E-state index >= 15 is 0 Å². The van der Waals surface area contributed by atoms with Crippen LogP contribution in [0.5, 0.6) is 11.5 Å². The topological polar surface area (TPSA) is 90.9 Å². The van der Waals surface area contributed by atoms with Crippen molar-refractivity contribution in [3.05, 3.63) is 23.8 Å². The summed E-state index contributed by atoms with van der Waals surface area (Å²) >= 11 is 0. The van der Waals surface area contributed by atoms with Crippen molar-refractivity contribution in [2.45, 2.75) is 38.6 Å². The molecule has 0 aromatic heterocycles. The molecule has 1 aliphatic rings. The summed E-state index contributed by atoms with van der Waals surface area (Å²) in [5, 5.41) is 2.92. The highest BCUT2D eigenvalue weighted by molar-refractivity contribution is 5.81. The summed E-state index contributed by atoms with van der Waals surface area (Å²) in [7, 11) is 1.44. The van der Waals surface area contributed by atoms with E-state index in [1.54, 1.807) is 6.07 Å². The Labute approximate surface area is 153 Å². The van der Waals surface area contributed by atoms with E-state index in [0.717, 1.165) is 19.3 Å². The number of methoxy groups -OCH3 is 1. The molecule has 0 saturated heterocycles. The number of rotatable bonds is 8. The van der Waals surface area contributed by atoms with Crippen molar-refractivity contribution >= 4 is 18.2 Å². The number of carbonyl (C=O) groups is 3. The van der Waals surface area contributed by atoms with Gasteiger partial charge in [-0.3, -0.25) is 9.59 Å². The highest BCUT2D eigenvalue weighted by Gasteiger charge is 2.23. The number of amides is 1. The molecule has 1 fully saturated rings. The number of benzene rings is 1. The normalized spacial score (nSPS) is 19.3. The maximum Gasteiger partial charge on any atom is 0.344 e. The van der Waals surface area contributed by atoms with Gasteiger partial charge >= 0.3 is 5.97 Å². The Bertz CT molecular complexity index is 645. The largest absolute Gasteiger partial charge is 0.493 e. The highest BCUT2D eigenvalue weighted by Crippen LogP contribution is 2.27. The van der Waals surface area contributed by atoms with Crippen molar-refractivity contribution in [1.29, 1.82) is 0 Å². The minimum atomic E-state index is -0.654. The number of hydrogen-bond acceptors (Lipinski definition) is 6. The van der Waals surface area contributed by atoms with Crippen molar-refractivity contribution in [1.82, 2.24) is 5.32 Å². The molecular formula is C19H25NO6. The van der Waals surface area contributed by atoms with E-state index in [-0.39, 0.29) is 25.2 Å². The van der Waals surface area contributed by atoms with Crippen LogP contribution in [0.25, 0.3) is 0 Å². The summed E-state index contributed by atoms with van der Waals surface area (Å²) in [6.07, 6.45) is 5.04. The van der Waals surface area contributed by atoms with Crippen molar-refractivity contribution in [3.8, 4) is 11.5 Å². The molecular weight excluding hydrogens is 338 g/mol. The Hall–Kier alpha value is -2.57. The van der Waals surface area contributed by atoms with E-state index in [9.17, 15) is 14.4 Å². The van der Waals surface area contributed by atoms with E-state index in [0.29, 0.717) is 29.3 Å². The zero-order valence-electron chi connectivity index (χ0n) is 15.2. The van der Waals surface area contributed by atoms with Crippen LogP contribution in [0.1, 0.15) is 43.0 Å². The van der Waals surface area contributed by atoms with Gasteiger partial charge in [-0.15, -0.1) is 0 Å². The summed E-state index contributed by atoms with van der Waals surface area (Å²) in [6.45, 7) is 1.43. The molecule has 2 atom stereocenters. The monoisotopic (exact) mass is 363 g/mol. The smallest absolute Gasteiger partial charge is 0.344 e. The van der Waals surface area contributed by atoms with Gasteiger partial charge in [-0.25, -0.2) is 4.79 Å². The van der Waals surface area contributed by atoms with Crippen LogP contribution < -0.4 is 14.8 Å². The van der Waals surface area contributed by atoms with E-state index in [1.165, 1.54) is 25.7 Å². The van der Waals surface area contributed by atoms with Crippen LogP contribution >= 0.6 is 0 Å². The summed E-state index contributed by atoms with van der Waals surface area (Å²) < 4.78 is 15.4. The van der Waals surface area contributed by atoms with Gasteiger partial charge in [-0.05, 0) is 37.0 Å². The molecule has 1 aliphatic carbocycles. The molecule has 1 aromatic carbocycles. The SMILES string of the molecule is COc1cc(C=O)ccc1OCC(=O)OCC(=O)N[C@@H]1CCCC[C@H]1C. The van der Waals surface area contributed by atoms with Gasteiger partial charge < -0.3 is 19.5 Å². The van der Waals surface area contributed by atoms with E-state index < -0.39 is 5.97 Å². The van der Waals surface area contributed by atoms with E-state index in [1.807, 2.05) is 0 Å². The Morgan fingerprint density at radius 1 is 1.19 bits per heavy atom. The Balaban J connectivity index is 1.75. The maximum atomic E-state index is 11.9. The van der Waals surface area contributed by atoms with Gasteiger partial charge in [0, 0.05) is 11.6 Å². The number of aldehydes is 1. The second-order valence-electron chi connectivity index (χ2n) is 6.41. The number of nitrogens with one attached hydrogen (secondary N) is 1. The fourth-order valence-electron chi connectivity index (χ4n) is 2.98. The molecule has 0 spiro atoms. The fourth-order valence-corrected chi connectivity index (χ4v) is 2.98. The molecule has 142 valence electrons. The third-order valence-electron chi connectivity index (χ3n) is 4.49. The van der Waals surface area contributed by atoms with Crippen LogP contribution in [0, 0.1) is 5.92 Å².